The Bertz CT molecular complexity index is 352. The molecule has 1 saturated heterocycles. The monoisotopic (exact) mass is 225 g/mol. The van der Waals surface area contributed by atoms with E-state index in [0.29, 0.717) is 18.1 Å². The van der Waals surface area contributed by atoms with Crippen LogP contribution in [-0.4, -0.2) is 29.0 Å². The molecule has 3 rings (SSSR count). The molecule has 2 heterocycles. The third-order valence-electron chi connectivity index (χ3n) is 3.74. The summed E-state index contributed by atoms with van der Waals surface area (Å²) in [5, 5.41) is 12.3. The lowest BCUT2D eigenvalue weighted by Gasteiger charge is -2.54. The van der Waals surface area contributed by atoms with Gasteiger partial charge >= 0.3 is 0 Å². The number of ether oxygens (including phenoxy) is 1. The quantitative estimate of drug-likeness (QED) is 0.833. The van der Waals surface area contributed by atoms with E-state index in [4.69, 9.17) is 4.74 Å². The van der Waals surface area contributed by atoms with Gasteiger partial charge < -0.3 is 10.1 Å². The molecule has 1 aromatic heterocycles. The van der Waals surface area contributed by atoms with Gasteiger partial charge in [-0.1, -0.05) is 25.2 Å². The summed E-state index contributed by atoms with van der Waals surface area (Å²) in [6.07, 6.45) is 1.60. The van der Waals surface area contributed by atoms with Crippen LogP contribution in [0.1, 0.15) is 20.3 Å². The van der Waals surface area contributed by atoms with Crippen molar-refractivity contribution in [2.75, 3.05) is 11.9 Å². The highest BCUT2D eigenvalue weighted by Crippen LogP contribution is 2.53. The van der Waals surface area contributed by atoms with Gasteiger partial charge in [0.1, 0.15) is 5.51 Å². The highest BCUT2D eigenvalue weighted by molar-refractivity contribution is 7.13. The molecule has 0 radical (unpaired) electrons. The van der Waals surface area contributed by atoms with Gasteiger partial charge in [0.25, 0.3) is 0 Å². The molecule has 2 aliphatic rings. The predicted octanol–water partition coefficient (Wildman–Crippen LogP) is 1.76. The minimum absolute atomic E-state index is 0.215. The van der Waals surface area contributed by atoms with Crippen molar-refractivity contribution >= 4 is 16.5 Å². The number of aromatic nitrogens is 2. The third-order valence-corrected chi connectivity index (χ3v) is 4.36. The molecule has 0 amide bonds. The molecular formula is C10H15N3OS. The number of anilines is 1. The maximum atomic E-state index is 5.74. The fourth-order valence-electron chi connectivity index (χ4n) is 2.99. The molecule has 0 bridgehead atoms. The first kappa shape index (κ1) is 9.54. The molecule has 4 nitrogen and oxygen atoms in total. The summed E-state index contributed by atoms with van der Waals surface area (Å²) >= 11 is 1.56. The van der Waals surface area contributed by atoms with Gasteiger partial charge in [-0.3, -0.25) is 0 Å². The van der Waals surface area contributed by atoms with Crippen LogP contribution in [-0.2, 0) is 4.74 Å². The van der Waals surface area contributed by atoms with Crippen LogP contribution in [0.5, 0.6) is 0 Å². The number of hydrogen-bond acceptors (Lipinski definition) is 5. The van der Waals surface area contributed by atoms with Crippen molar-refractivity contribution in [2.45, 2.75) is 32.4 Å². The highest BCUT2D eigenvalue weighted by atomic mass is 32.1. The second kappa shape index (κ2) is 3.15. The molecule has 2 fully saturated rings. The average Bonchev–Trinajstić information content (AvgIpc) is 2.84. The standard InChI is InChI=1S/C10H15N3OS/c1-10(2)7(6-3-4-14-8(6)10)12-9-13-11-5-15-9/h5-8H,3-4H2,1-2H3,(H,12,13). The van der Waals surface area contributed by atoms with Crippen molar-refractivity contribution in [1.29, 1.82) is 0 Å². The molecule has 0 spiro atoms. The molecular weight excluding hydrogens is 210 g/mol. The fourth-order valence-corrected chi connectivity index (χ4v) is 3.47. The van der Waals surface area contributed by atoms with Crippen molar-refractivity contribution in [3.63, 3.8) is 0 Å². The minimum atomic E-state index is 0.215. The van der Waals surface area contributed by atoms with Crippen LogP contribution in [0.15, 0.2) is 5.51 Å². The number of nitrogens with one attached hydrogen (secondary N) is 1. The van der Waals surface area contributed by atoms with Gasteiger partial charge in [-0.15, -0.1) is 10.2 Å². The van der Waals surface area contributed by atoms with Crippen LogP contribution in [0.25, 0.3) is 0 Å². The molecule has 15 heavy (non-hydrogen) atoms. The largest absolute Gasteiger partial charge is 0.377 e. The summed E-state index contributed by atoms with van der Waals surface area (Å²) in [6, 6.07) is 0.484. The van der Waals surface area contributed by atoms with E-state index < -0.39 is 0 Å². The molecule has 1 aliphatic carbocycles. The number of rotatable bonds is 2. The number of hydrogen-bond donors (Lipinski definition) is 1. The summed E-state index contributed by atoms with van der Waals surface area (Å²) in [7, 11) is 0. The van der Waals surface area contributed by atoms with Crippen LogP contribution in [0.2, 0.25) is 0 Å². The SMILES string of the molecule is CC1(C)C(Nc2nncs2)C2CCOC21. The Labute approximate surface area is 93.1 Å². The lowest BCUT2D eigenvalue weighted by Crippen LogP contribution is -2.63. The molecule has 1 N–H and O–H groups in total. The van der Waals surface area contributed by atoms with Crippen molar-refractivity contribution in [3.05, 3.63) is 5.51 Å². The van der Waals surface area contributed by atoms with Gasteiger partial charge in [0, 0.05) is 24.0 Å². The number of fused-ring (bicyclic) bond motifs is 1. The van der Waals surface area contributed by atoms with Gasteiger partial charge in [-0.05, 0) is 6.42 Å². The maximum absolute atomic E-state index is 5.74. The average molecular weight is 225 g/mol. The number of nitrogens with zero attached hydrogens (tertiary/aromatic N) is 2. The Hall–Kier alpha value is -0.680. The molecule has 1 saturated carbocycles. The second-order valence-electron chi connectivity index (χ2n) is 4.93. The van der Waals surface area contributed by atoms with E-state index in [1.54, 1.807) is 16.8 Å². The van der Waals surface area contributed by atoms with E-state index in [1.807, 2.05) is 0 Å². The predicted molar refractivity (Wildman–Crippen MR) is 58.9 cm³/mol. The highest BCUT2D eigenvalue weighted by Gasteiger charge is 2.59. The lowest BCUT2D eigenvalue weighted by molar-refractivity contribution is -0.0923. The molecule has 5 heteroatoms. The van der Waals surface area contributed by atoms with Crippen molar-refractivity contribution in [2.24, 2.45) is 11.3 Å². The zero-order valence-corrected chi connectivity index (χ0v) is 9.75. The second-order valence-corrected chi connectivity index (χ2v) is 5.76. The van der Waals surface area contributed by atoms with Gasteiger partial charge in [-0.25, -0.2) is 0 Å². The van der Waals surface area contributed by atoms with Crippen LogP contribution >= 0.6 is 11.3 Å². The van der Waals surface area contributed by atoms with Crippen molar-refractivity contribution in [1.82, 2.24) is 10.2 Å². The van der Waals surface area contributed by atoms with Gasteiger partial charge in [0.15, 0.2) is 0 Å². The minimum Gasteiger partial charge on any atom is -0.377 e. The third kappa shape index (κ3) is 1.29. The van der Waals surface area contributed by atoms with E-state index >= 15 is 0 Å². The lowest BCUT2D eigenvalue weighted by atomic mass is 9.57. The topological polar surface area (TPSA) is 47.0 Å². The summed E-state index contributed by atoms with van der Waals surface area (Å²) < 4.78 is 5.74. The Morgan fingerprint density at radius 1 is 1.60 bits per heavy atom. The molecule has 3 unspecified atom stereocenters. The molecule has 82 valence electrons. The first-order valence-electron chi connectivity index (χ1n) is 5.34. The smallest absolute Gasteiger partial charge is 0.205 e. The maximum Gasteiger partial charge on any atom is 0.205 e. The van der Waals surface area contributed by atoms with Gasteiger partial charge in [0.05, 0.1) is 6.10 Å². The summed E-state index contributed by atoms with van der Waals surface area (Å²) in [5.41, 5.74) is 1.98. The van der Waals surface area contributed by atoms with Crippen LogP contribution in [0.3, 0.4) is 0 Å². The van der Waals surface area contributed by atoms with Crippen LogP contribution in [0, 0.1) is 11.3 Å². The first-order valence-corrected chi connectivity index (χ1v) is 6.22. The van der Waals surface area contributed by atoms with Gasteiger partial charge in [-0.2, -0.15) is 0 Å². The Morgan fingerprint density at radius 3 is 3.20 bits per heavy atom. The van der Waals surface area contributed by atoms with E-state index in [0.717, 1.165) is 11.7 Å². The van der Waals surface area contributed by atoms with E-state index in [9.17, 15) is 0 Å². The zero-order chi connectivity index (χ0) is 10.5. The van der Waals surface area contributed by atoms with Crippen molar-refractivity contribution < 1.29 is 4.74 Å². The fraction of sp³-hybridized carbons (Fsp3) is 0.800. The molecule has 3 atom stereocenters. The first-order chi connectivity index (χ1) is 7.19. The zero-order valence-electron chi connectivity index (χ0n) is 8.93. The van der Waals surface area contributed by atoms with E-state index in [1.165, 1.54) is 6.42 Å². The van der Waals surface area contributed by atoms with E-state index in [2.05, 4.69) is 29.4 Å². The van der Waals surface area contributed by atoms with Gasteiger partial charge in [0.2, 0.25) is 5.13 Å². The van der Waals surface area contributed by atoms with Crippen molar-refractivity contribution in [3.8, 4) is 0 Å². The normalized spacial score (nSPS) is 37.1. The Kier molecular flexibility index (Phi) is 2.01. The summed E-state index contributed by atoms with van der Waals surface area (Å²) in [5.74, 6) is 0.656. The Morgan fingerprint density at radius 2 is 2.47 bits per heavy atom. The van der Waals surface area contributed by atoms with Crippen LogP contribution < -0.4 is 5.32 Å². The summed E-state index contributed by atoms with van der Waals surface area (Å²) in [4.78, 5) is 0. The Balaban J connectivity index is 1.76. The molecule has 0 aromatic carbocycles. The van der Waals surface area contributed by atoms with E-state index in [-0.39, 0.29) is 5.41 Å². The van der Waals surface area contributed by atoms with Crippen LogP contribution in [0.4, 0.5) is 5.13 Å². The summed E-state index contributed by atoms with van der Waals surface area (Å²) in [6.45, 7) is 5.43. The molecule has 1 aromatic rings. The molecule has 1 aliphatic heterocycles.